The second kappa shape index (κ2) is 7.91. The SMILES string of the molecule is CCCNC1CCC2(CC1N(CCC)C(C)C)OCCO2. The van der Waals surface area contributed by atoms with Crippen LogP contribution in [0.15, 0.2) is 0 Å². The number of nitrogens with zero attached hydrogens (tertiary/aromatic N) is 1. The summed E-state index contributed by atoms with van der Waals surface area (Å²) in [4.78, 5) is 2.65. The Bertz CT molecular complexity index is 303. The van der Waals surface area contributed by atoms with Gasteiger partial charge in [0.05, 0.1) is 13.2 Å². The van der Waals surface area contributed by atoms with E-state index in [2.05, 4.69) is 37.9 Å². The predicted octanol–water partition coefficient (Wildman–Crippen LogP) is 2.77. The lowest BCUT2D eigenvalue weighted by Crippen LogP contribution is -2.59. The molecule has 1 spiro atoms. The van der Waals surface area contributed by atoms with Crippen molar-refractivity contribution < 1.29 is 9.47 Å². The summed E-state index contributed by atoms with van der Waals surface area (Å²) in [7, 11) is 0. The monoisotopic (exact) mass is 298 g/mol. The van der Waals surface area contributed by atoms with Crippen molar-refractivity contribution in [3.8, 4) is 0 Å². The third kappa shape index (κ3) is 4.19. The minimum atomic E-state index is -0.296. The summed E-state index contributed by atoms with van der Waals surface area (Å²) in [5, 5.41) is 3.77. The molecule has 0 aromatic carbocycles. The van der Waals surface area contributed by atoms with Gasteiger partial charge in [0.15, 0.2) is 5.79 Å². The second-order valence-electron chi connectivity index (χ2n) is 6.81. The van der Waals surface area contributed by atoms with Gasteiger partial charge in [-0.2, -0.15) is 0 Å². The average molecular weight is 298 g/mol. The van der Waals surface area contributed by atoms with Crippen molar-refractivity contribution in [2.45, 2.75) is 83.7 Å². The van der Waals surface area contributed by atoms with Crippen LogP contribution >= 0.6 is 0 Å². The molecule has 1 saturated heterocycles. The van der Waals surface area contributed by atoms with E-state index in [9.17, 15) is 0 Å². The number of hydrogen-bond donors (Lipinski definition) is 1. The molecule has 4 nitrogen and oxygen atoms in total. The van der Waals surface area contributed by atoms with Gasteiger partial charge in [0.25, 0.3) is 0 Å². The molecule has 0 bridgehead atoms. The van der Waals surface area contributed by atoms with E-state index in [1.807, 2.05) is 0 Å². The molecule has 2 atom stereocenters. The highest BCUT2D eigenvalue weighted by molar-refractivity contribution is 4.97. The van der Waals surface area contributed by atoms with Gasteiger partial charge in [-0.05, 0) is 46.2 Å². The third-order valence-electron chi connectivity index (χ3n) is 4.86. The van der Waals surface area contributed by atoms with Crippen molar-refractivity contribution in [1.82, 2.24) is 10.2 Å². The molecule has 2 rings (SSSR count). The van der Waals surface area contributed by atoms with Crippen molar-refractivity contribution in [3.05, 3.63) is 0 Å². The molecule has 21 heavy (non-hydrogen) atoms. The molecule has 1 aliphatic carbocycles. The normalized spacial score (nSPS) is 28.9. The van der Waals surface area contributed by atoms with E-state index >= 15 is 0 Å². The molecule has 2 fully saturated rings. The third-order valence-corrected chi connectivity index (χ3v) is 4.86. The molecule has 1 N–H and O–H groups in total. The highest BCUT2D eigenvalue weighted by atomic mass is 16.7. The van der Waals surface area contributed by atoms with E-state index in [-0.39, 0.29) is 5.79 Å². The zero-order valence-corrected chi connectivity index (χ0v) is 14.4. The average Bonchev–Trinajstić information content (AvgIpc) is 2.91. The lowest BCUT2D eigenvalue weighted by molar-refractivity contribution is -0.195. The summed E-state index contributed by atoms with van der Waals surface area (Å²) in [5.74, 6) is -0.296. The van der Waals surface area contributed by atoms with Gasteiger partial charge in [0, 0.05) is 31.0 Å². The van der Waals surface area contributed by atoms with Crippen LogP contribution in [-0.2, 0) is 9.47 Å². The standard InChI is InChI=1S/C17H34N2O2/c1-5-9-18-15-7-8-17(20-11-12-21-17)13-16(15)19(10-6-2)14(3)4/h14-16,18H,5-13H2,1-4H3. The molecule has 1 saturated carbocycles. The maximum Gasteiger partial charge on any atom is 0.170 e. The fourth-order valence-corrected chi connectivity index (χ4v) is 3.87. The van der Waals surface area contributed by atoms with Crippen LogP contribution in [0.3, 0.4) is 0 Å². The fraction of sp³-hybridized carbons (Fsp3) is 1.00. The highest BCUT2D eigenvalue weighted by Gasteiger charge is 2.46. The van der Waals surface area contributed by atoms with E-state index in [1.54, 1.807) is 0 Å². The van der Waals surface area contributed by atoms with Crippen LogP contribution in [0, 0.1) is 0 Å². The van der Waals surface area contributed by atoms with E-state index in [4.69, 9.17) is 9.47 Å². The summed E-state index contributed by atoms with van der Waals surface area (Å²) in [6, 6.07) is 1.65. The Kier molecular flexibility index (Phi) is 6.48. The first-order valence-corrected chi connectivity index (χ1v) is 8.89. The molecule has 2 aliphatic rings. The molecule has 2 unspecified atom stereocenters. The number of hydrogen-bond acceptors (Lipinski definition) is 4. The van der Waals surface area contributed by atoms with Gasteiger partial charge in [-0.15, -0.1) is 0 Å². The Balaban J connectivity index is 2.10. The Hall–Kier alpha value is -0.160. The van der Waals surface area contributed by atoms with E-state index < -0.39 is 0 Å². The fourth-order valence-electron chi connectivity index (χ4n) is 3.87. The summed E-state index contributed by atoms with van der Waals surface area (Å²) < 4.78 is 12.0. The van der Waals surface area contributed by atoms with Gasteiger partial charge >= 0.3 is 0 Å². The van der Waals surface area contributed by atoms with E-state index in [0.717, 1.165) is 45.6 Å². The van der Waals surface area contributed by atoms with Crippen LogP contribution in [0.2, 0.25) is 0 Å². The Labute approximate surface area is 130 Å². The summed E-state index contributed by atoms with van der Waals surface area (Å²) in [5.41, 5.74) is 0. The van der Waals surface area contributed by atoms with E-state index in [0.29, 0.717) is 18.1 Å². The van der Waals surface area contributed by atoms with Crippen LogP contribution in [0.5, 0.6) is 0 Å². The first-order valence-electron chi connectivity index (χ1n) is 8.89. The smallest absolute Gasteiger partial charge is 0.170 e. The largest absolute Gasteiger partial charge is 0.347 e. The lowest BCUT2D eigenvalue weighted by atomic mass is 9.83. The number of nitrogens with one attached hydrogen (secondary N) is 1. The molecule has 1 aliphatic heterocycles. The van der Waals surface area contributed by atoms with Gasteiger partial charge < -0.3 is 14.8 Å². The first-order chi connectivity index (χ1) is 10.1. The maximum atomic E-state index is 6.00. The second-order valence-corrected chi connectivity index (χ2v) is 6.81. The minimum Gasteiger partial charge on any atom is -0.347 e. The molecule has 0 aromatic rings. The van der Waals surface area contributed by atoms with E-state index in [1.165, 1.54) is 12.8 Å². The maximum absolute atomic E-state index is 6.00. The minimum absolute atomic E-state index is 0.296. The Morgan fingerprint density at radius 2 is 1.90 bits per heavy atom. The van der Waals surface area contributed by atoms with Gasteiger partial charge in [-0.25, -0.2) is 0 Å². The molecule has 0 aromatic heterocycles. The first kappa shape index (κ1) is 17.2. The molecular weight excluding hydrogens is 264 g/mol. The number of ether oxygens (including phenoxy) is 2. The molecular formula is C17H34N2O2. The topological polar surface area (TPSA) is 33.7 Å². The lowest BCUT2D eigenvalue weighted by Gasteiger charge is -2.47. The molecule has 0 radical (unpaired) electrons. The van der Waals surface area contributed by atoms with Crippen LogP contribution in [-0.4, -0.2) is 55.1 Å². The van der Waals surface area contributed by atoms with Gasteiger partial charge in [-0.1, -0.05) is 13.8 Å². The highest BCUT2D eigenvalue weighted by Crippen LogP contribution is 2.38. The van der Waals surface area contributed by atoms with Crippen molar-refractivity contribution in [2.24, 2.45) is 0 Å². The number of rotatable bonds is 7. The summed E-state index contributed by atoms with van der Waals surface area (Å²) in [6.45, 7) is 12.9. The van der Waals surface area contributed by atoms with Crippen molar-refractivity contribution in [3.63, 3.8) is 0 Å². The Morgan fingerprint density at radius 1 is 1.19 bits per heavy atom. The van der Waals surface area contributed by atoms with Crippen LogP contribution in [0.4, 0.5) is 0 Å². The molecule has 4 heteroatoms. The van der Waals surface area contributed by atoms with Crippen LogP contribution < -0.4 is 5.32 Å². The van der Waals surface area contributed by atoms with Crippen LogP contribution in [0.25, 0.3) is 0 Å². The zero-order chi connectivity index (χ0) is 15.3. The van der Waals surface area contributed by atoms with Crippen molar-refractivity contribution in [2.75, 3.05) is 26.3 Å². The van der Waals surface area contributed by atoms with Gasteiger partial charge in [-0.3, -0.25) is 4.90 Å². The predicted molar refractivity (Wildman–Crippen MR) is 86.5 cm³/mol. The Morgan fingerprint density at radius 3 is 2.48 bits per heavy atom. The van der Waals surface area contributed by atoms with Crippen LogP contribution in [0.1, 0.15) is 59.8 Å². The molecule has 0 amide bonds. The van der Waals surface area contributed by atoms with Crippen molar-refractivity contribution in [1.29, 1.82) is 0 Å². The quantitative estimate of drug-likeness (QED) is 0.783. The van der Waals surface area contributed by atoms with Crippen molar-refractivity contribution >= 4 is 0 Å². The van der Waals surface area contributed by atoms with Gasteiger partial charge in [0.2, 0.25) is 0 Å². The summed E-state index contributed by atoms with van der Waals surface area (Å²) >= 11 is 0. The van der Waals surface area contributed by atoms with Gasteiger partial charge in [0.1, 0.15) is 0 Å². The molecule has 1 heterocycles. The molecule has 124 valence electrons. The zero-order valence-electron chi connectivity index (χ0n) is 14.4. The summed E-state index contributed by atoms with van der Waals surface area (Å²) in [6.07, 6.45) is 5.58.